The van der Waals surface area contributed by atoms with Crippen molar-refractivity contribution < 1.29 is 8.78 Å². The lowest BCUT2D eigenvalue weighted by molar-refractivity contribution is 0.461. The highest BCUT2D eigenvalue weighted by atomic mass is 19.1. The summed E-state index contributed by atoms with van der Waals surface area (Å²) in [6.45, 7) is 2.45. The molecular formula is C23H27F2N5. The minimum Gasteiger partial charge on any atom is -0.371 e. The van der Waals surface area contributed by atoms with Crippen LogP contribution in [0.1, 0.15) is 18.4 Å². The van der Waals surface area contributed by atoms with E-state index in [0.29, 0.717) is 12.6 Å². The molecule has 1 saturated heterocycles. The summed E-state index contributed by atoms with van der Waals surface area (Å²) < 4.78 is 27.0. The molecule has 0 spiro atoms. The molecule has 0 unspecified atom stereocenters. The molecule has 7 heteroatoms. The SMILES string of the molecule is CN=C(NCCc1c[nH]c2ccc(F)cc12)NC1CCN(c2cccc(F)c2)CC1. The number of fused-ring (bicyclic) bond motifs is 1. The molecule has 2 aromatic carbocycles. The maximum absolute atomic E-state index is 13.5. The summed E-state index contributed by atoms with van der Waals surface area (Å²) in [5, 5.41) is 7.76. The zero-order chi connectivity index (χ0) is 20.9. The molecule has 0 aliphatic carbocycles. The minimum atomic E-state index is -0.224. The van der Waals surface area contributed by atoms with Crippen molar-refractivity contribution in [1.29, 1.82) is 0 Å². The molecule has 0 atom stereocenters. The zero-order valence-electron chi connectivity index (χ0n) is 17.1. The number of nitrogens with one attached hydrogen (secondary N) is 3. The van der Waals surface area contributed by atoms with Crippen LogP contribution in [-0.4, -0.2) is 43.7 Å². The molecule has 1 aliphatic heterocycles. The first kappa shape index (κ1) is 20.2. The molecule has 1 fully saturated rings. The third kappa shape index (κ3) is 4.72. The maximum Gasteiger partial charge on any atom is 0.191 e. The van der Waals surface area contributed by atoms with Gasteiger partial charge in [-0.1, -0.05) is 6.07 Å². The maximum atomic E-state index is 13.5. The summed E-state index contributed by atoms with van der Waals surface area (Å²) in [6.07, 6.45) is 4.62. The number of nitrogens with zero attached hydrogens (tertiary/aromatic N) is 2. The normalized spacial score (nSPS) is 15.6. The van der Waals surface area contributed by atoms with Crippen molar-refractivity contribution >= 4 is 22.5 Å². The largest absolute Gasteiger partial charge is 0.371 e. The van der Waals surface area contributed by atoms with E-state index in [0.717, 1.165) is 60.5 Å². The van der Waals surface area contributed by atoms with Gasteiger partial charge in [-0.2, -0.15) is 0 Å². The molecule has 3 aromatic rings. The monoisotopic (exact) mass is 411 g/mol. The van der Waals surface area contributed by atoms with Crippen molar-refractivity contribution in [2.45, 2.75) is 25.3 Å². The molecule has 1 aliphatic rings. The number of H-pyrrole nitrogens is 1. The summed E-state index contributed by atoms with van der Waals surface area (Å²) in [5.41, 5.74) is 2.96. The van der Waals surface area contributed by atoms with E-state index in [1.807, 2.05) is 12.3 Å². The molecule has 1 aromatic heterocycles. The van der Waals surface area contributed by atoms with E-state index in [9.17, 15) is 8.78 Å². The van der Waals surface area contributed by atoms with Gasteiger partial charge in [0.05, 0.1) is 0 Å². The molecular weight excluding hydrogens is 384 g/mol. The Morgan fingerprint density at radius 1 is 1.13 bits per heavy atom. The number of benzene rings is 2. The van der Waals surface area contributed by atoms with Crippen molar-refractivity contribution in [3.8, 4) is 0 Å². The van der Waals surface area contributed by atoms with Crippen LogP contribution in [0.2, 0.25) is 0 Å². The number of aliphatic imine (C=N–C) groups is 1. The fourth-order valence-electron chi connectivity index (χ4n) is 4.02. The van der Waals surface area contributed by atoms with Gasteiger partial charge in [-0.25, -0.2) is 8.78 Å². The van der Waals surface area contributed by atoms with E-state index >= 15 is 0 Å². The predicted octanol–water partition coefficient (Wildman–Crippen LogP) is 3.82. The average molecular weight is 412 g/mol. The lowest BCUT2D eigenvalue weighted by atomic mass is 10.0. The van der Waals surface area contributed by atoms with Gasteiger partial charge in [-0.3, -0.25) is 4.99 Å². The van der Waals surface area contributed by atoms with Crippen LogP contribution < -0.4 is 15.5 Å². The molecule has 0 bridgehead atoms. The van der Waals surface area contributed by atoms with E-state index in [2.05, 4.69) is 25.5 Å². The Kier molecular flexibility index (Phi) is 6.16. The fraction of sp³-hybridized carbons (Fsp3) is 0.348. The van der Waals surface area contributed by atoms with Crippen molar-refractivity contribution in [2.24, 2.45) is 4.99 Å². The van der Waals surface area contributed by atoms with Crippen molar-refractivity contribution in [3.05, 3.63) is 65.9 Å². The third-order valence-corrected chi connectivity index (χ3v) is 5.65. The number of aromatic nitrogens is 1. The lowest BCUT2D eigenvalue weighted by Crippen LogP contribution is -2.49. The number of hydrogen-bond acceptors (Lipinski definition) is 2. The van der Waals surface area contributed by atoms with Crippen molar-refractivity contribution in [2.75, 3.05) is 31.6 Å². The number of rotatable bonds is 5. The van der Waals surface area contributed by atoms with E-state index in [1.54, 1.807) is 31.3 Å². The predicted molar refractivity (Wildman–Crippen MR) is 118 cm³/mol. The third-order valence-electron chi connectivity index (χ3n) is 5.65. The van der Waals surface area contributed by atoms with Crippen molar-refractivity contribution in [1.82, 2.24) is 15.6 Å². The molecule has 30 heavy (non-hydrogen) atoms. The Bertz CT molecular complexity index is 1020. The highest BCUT2D eigenvalue weighted by Gasteiger charge is 2.20. The summed E-state index contributed by atoms with van der Waals surface area (Å²) >= 11 is 0. The van der Waals surface area contributed by atoms with Crippen LogP contribution in [0.4, 0.5) is 14.5 Å². The van der Waals surface area contributed by atoms with Crippen LogP contribution in [0.25, 0.3) is 10.9 Å². The quantitative estimate of drug-likeness (QED) is 0.442. The van der Waals surface area contributed by atoms with E-state index < -0.39 is 0 Å². The first-order chi connectivity index (χ1) is 14.6. The Labute approximate surface area is 175 Å². The minimum absolute atomic E-state index is 0.199. The second kappa shape index (κ2) is 9.15. The van der Waals surface area contributed by atoms with Crippen LogP contribution in [-0.2, 0) is 6.42 Å². The van der Waals surface area contributed by atoms with Gasteiger partial charge in [0.25, 0.3) is 0 Å². The Morgan fingerprint density at radius 2 is 1.93 bits per heavy atom. The van der Waals surface area contributed by atoms with Crippen LogP contribution in [0.15, 0.2) is 53.7 Å². The van der Waals surface area contributed by atoms with Gasteiger partial charge in [0.2, 0.25) is 0 Å². The first-order valence-corrected chi connectivity index (χ1v) is 10.4. The van der Waals surface area contributed by atoms with Gasteiger partial charge < -0.3 is 20.5 Å². The molecule has 158 valence electrons. The number of anilines is 1. The molecule has 5 nitrogen and oxygen atoms in total. The van der Waals surface area contributed by atoms with E-state index in [-0.39, 0.29) is 11.6 Å². The first-order valence-electron chi connectivity index (χ1n) is 10.4. The Balaban J connectivity index is 1.26. The van der Waals surface area contributed by atoms with E-state index in [1.165, 1.54) is 12.1 Å². The number of piperidine rings is 1. The molecule has 3 N–H and O–H groups in total. The molecule has 4 rings (SSSR count). The number of halogens is 2. The second-order valence-electron chi connectivity index (χ2n) is 7.64. The number of guanidine groups is 1. The van der Waals surface area contributed by atoms with Gasteiger partial charge in [-0.05, 0) is 61.2 Å². The number of aromatic amines is 1. The van der Waals surface area contributed by atoms with Crippen molar-refractivity contribution in [3.63, 3.8) is 0 Å². The lowest BCUT2D eigenvalue weighted by Gasteiger charge is -2.34. The second-order valence-corrected chi connectivity index (χ2v) is 7.64. The van der Waals surface area contributed by atoms with Crippen LogP contribution in [0.5, 0.6) is 0 Å². The fourth-order valence-corrected chi connectivity index (χ4v) is 4.02. The zero-order valence-corrected chi connectivity index (χ0v) is 17.1. The molecule has 2 heterocycles. The average Bonchev–Trinajstić information content (AvgIpc) is 3.15. The molecule has 0 amide bonds. The highest BCUT2D eigenvalue weighted by Crippen LogP contribution is 2.21. The smallest absolute Gasteiger partial charge is 0.191 e. The van der Waals surface area contributed by atoms with Crippen LogP contribution in [0, 0.1) is 11.6 Å². The van der Waals surface area contributed by atoms with Gasteiger partial charge in [0.1, 0.15) is 11.6 Å². The standard InChI is InChI=1S/C23H27F2N5/c1-26-23(27-10-7-16-15-28-22-6-5-18(25)14-21(16)22)29-19-8-11-30(12-9-19)20-4-2-3-17(24)13-20/h2-6,13-15,19,28H,7-12H2,1H3,(H2,26,27,29). The summed E-state index contributed by atoms with van der Waals surface area (Å²) in [5.74, 6) is 0.346. The Hall–Kier alpha value is -3.09. The molecule has 0 saturated carbocycles. The summed E-state index contributed by atoms with van der Waals surface area (Å²) in [6, 6.07) is 11.9. The summed E-state index contributed by atoms with van der Waals surface area (Å²) in [4.78, 5) is 9.73. The van der Waals surface area contributed by atoms with Gasteiger partial charge in [0, 0.05) is 55.5 Å². The highest BCUT2D eigenvalue weighted by molar-refractivity contribution is 5.83. The Morgan fingerprint density at radius 3 is 2.70 bits per heavy atom. The van der Waals surface area contributed by atoms with Gasteiger partial charge >= 0.3 is 0 Å². The van der Waals surface area contributed by atoms with Gasteiger partial charge in [-0.15, -0.1) is 0 Å². The number of hydrogen-bond donors (Lipinski definition) is 3. The molecule has 0 radical (unpaired) electrons. The topological polar surface area (TPSA) is 55.5 Å². The van der Waals surface area contributed by atoms with Crippen LogP contribution >= 0.6 is 0 Å². The van der Waals surface area contributed by atoms with E-state index in [4.69, 9.17) is 0 Å². The van der Waals surface area contributed by atoms with Gasteiger partial charge in [0.15, 0.2) is 5.96 Å². The summed E-state index contributed by atoms with van der Waals surface area (Å²) in [7, 11) is 1.76. The van der Waals surface area contributed by atoms with Crippen LogP contribution in [0.3, 0.4) is 0 Å².